The zero-order valence-corrected chi connectivity index (χ0v) is 13.0. The van der Waals surface area contributed by atoms with Crippen LogP contribution in [0, 0.1) is 0 Å². The zero-order valence-electron chi connectivity index (χ0n) is 11.4. The third-order valence-corrected chi connectivity index (χ3v) is 4.01. The number of hydrogen-bond donors (Lipinski definition) is 1. The highest BCUT2D eigenvalue weighted by atomic mass is 35.5. The van der Waals surface area contributed by atoms with Crippen LogP contribution >= 0.6 is 23.4 Å². The van der Waals surface area contributed by atoms with Gasteiger partial charge in [-0.15, -0.1) is 11.8 Å². The van der Waals surface area contributed by atoms with Crippen molar-refractivity contribution in [3.63, 3.8) is 0 Å². The number of benzene rings is 1. The number of rotatable bonds is 5. The lowest BCUT2D eigenvalue weighted by Gasteiger charge is -2.09. The Balaban J connectivity index is 2.09. The number of nitrogens with one attached hydrogen (secondary N) is 1. The summed E-state index contributed by atoms with van der Waals surface area (Å²) in [6, 6.07) is 7.34. The molecule has 4 nitrogen and oxygen atoms in total. The maximum atomic E-state index is 12.2. The van der Waals surface area contributed by atoms with E-state index in [1.165, 1.54) is 0 Å². The van der Waals surface area contributed by atoms with Gasteiger partial charge >= 0.3 is 0 Å². The zero-order chi connectivity index (χ0) is 14.5. The minimum Gasteiger partial charge on any atom is -0.346 e. The highest BCUT2D eigenvalue weighted by Crippen LogP contribution is 2.23. The van der Waals surface area contributed by atoms with Crippen LogP contribution in [0.2, 0.25) is 5.02 Å². The molecule has 0 spiro atoms. The number of nitrogens with zero attached hydrogens (tertiary/aromatic N) is 2. The van der Waals surface area contributed by atoms with E-state index in [-0.39, 0.29) is 5.91 Å². The Morgan fingerprint density at radius 1 is 1.45 bits per heavy atom. The maximum absolute atomic E-state index is 12.2. The van der Waals surface area contributed by atoms with Gasteiger partial charge in [0, 0.05) is 17.6 Å². The molecular formula is C14H16ClN3OS. The normalized spacial score (nSPS) is 10.6. The summed E-state index contributed by atoms with van der Waals surface area (Å²) in [5.74, 6) is -0.172. The van der Waals surface area contributed by atoms with Crippen molar-refractivity contribution in [1.82, 2.24) is 15.1 Å². The molecular weight excluding hydrogens is 294 g/mol. The topological polar surface area (TPSA) is 46.9 Å². The molecule has 0 bridgehead atoms. The predicted molar refractivity (Wildman–Crippen MR) is 82.3 cm³/mol. The van der Waals surface area contributed by atoms with E-state index in [4.69, 9.17) is 11.6 Å². The highest BCUT2D eigenvalue weighted by molar-refractivity contribution is 7.98. The van der Waals surface area contributed by atoms with Crippen molar-refractivity contribution in [1.29, 1.82) is 0 Å². The molecule has 0 radical (unpaired) electrons. The van der Waals surface area contributed by atoms with Crippen molar-refractivity contribution in [3.8, 4) is 0 Å². The lowest BCUT2D eigenvalue weighted by Crippen LogP contribution is -2.24. The molecule has 1 aromatic carbocycles. The van der Waals surface area contributed by atoms with Gasteiger partial charge in [0.05, 0.1) is 22.8 Å². The van der Waals surface area contributed by atoms with E-state index in [0.717, 1.165) is 17.1 Å². The van der Waals surface area contributed by atoms with Crippen LogP contribution in [0.15, 0.2) is 35.4 Å². The van der Waals surface area contributed by atoms with Crippen LogP contribution in [0.3, 0.4) is 0 Å². The van der Waals surface area contributed by atoms with Gasteiger partial charge in [0.1, 0.15) is 0 Å². The van der Waals surface area contributed by atoms with Crippen LogP contribution in [-0.2, 0) is 13.1 Å². The first kappa shape index (κ1) is 14.9. The first-order valence-corrected chi connectivity index (χ1v) is 7.88. The van der Waals surface area contributed by atoms with Gasteiger partial charge in [-0.05, 0) is 37.4 Å². The van der Waals surface area contributed by atoms with E-state index in [2.05, 4.69) is 10.4 Å². The summed E-state index contributed by atoms with van der Waals surface area (Å²) in [5, 5.41) is 7.50. The number of hydrogen-bond acceptors (Lipinski definition) is 3. The third kappa shape index (κ3) is 3.35. The Labute approximate surface area is 127 Å². The van der Waals surface area contributed by atoms with Crippen LogP contribution in [0.4, 0.5) is 0 Å². The minimum absolute atomic E-state index is 0.172. The van der Waals surface area contributed by atoms with Crippen molar-refractivity contribution in [2.45, 2.75) is 24.9 Å². The van der Waals surface area contributed by atoms with Gasteiger partial charge in [-0.1, -0.05) is 11.6 Å². The number of thioether (sulfide) groups is 1. The maximum Gasteiger partial charge on any atom is 0.253 e. The molecule has 0 saturated carbocycles. The summed E-state index contributed by atoms with van der Waals surface area (Å²) in [6.45, 7) is 3.23. The molecule has 1 aromatic heterocycles. The SMILES string of the molecule is CCn1nccc1CNC(=O)c1cc(SC)ccc1Cl. The molecule has 2 aromatic rings. The largest absolute Gasteiger partial charge is 0.346 e. The first-order valence-electron chi connectivity index (χ1n) is 6.28. The fraction of sp³-hybridized carbons (Fsp3) is 0.286. The van der Waals surface area contributed by atoms with Gasteiger partial charge in [0.2, 0.25) is 0 Å². The Kier molecular flexibility index (Phi) is 5.09. The molecule has 0 fully saturated rings. The molecule has 1 N–H and O–H groups in total. The lowest BCUT2D eigenvalue weighted by atomic mass is 10.2. The molecule has 20 heavy (non-hydrogen) atoms. The van der Waals surface area contributed by atoms with E-state index in [9.17, 15) is 4.79 Å². The number of aryl methyl sites for hydroxylation is 1. The number of halogens is 1. The number of amides is 1. The summed E-state index contributed by atoms with van der Waals surface area (Å²) >= 11 is 7.66. The average molecular weight is 310 g/mol. The van der Waals surface area contributed by atoms with Gasteiger partial charge in [-0.3, -0.25) is 9.48 Å². The molecule has 0 aliphatic heterocycles. The molecule has 6 heteroatoms. The standard InChI is InChI=1S/C14H16ClN3OS/c1-3-18-10(6-7-17-18)9-16-14(19)12-8-11(20-2)4-5-13(12)15/h4-8H,3,9H2,1-2H3,(H,16,19). The Morgan fingerprint density at radius 2 is 2.25 bits per heavy atom. The van der Waals surface area contributed by atoms with Crippen molar-refractivity contribution in [3.05, 3.63) is 46.7 Å². The molecule has 2 rings (SSSR count). The summed E-state index contributed by atoms with van der Waals surface area (Å²) in [4.78, 5) is 13.2. The van der Waals surface area contributed by atoms with E-state index in [1.54, 1.807) is 30.1 Å². The molecule has 106 valence electrons. The summed E-state index contributed by atoms with van der Waals surface area (Å²) in [6.07, 6.45) is 3.69. The van der Waals surface area contributed by atoms with Crippen molar-refractivity contribution in [2.75, 3.05) is 6.26 Å². The molecule has 1 heterocycles. The second-order valence-corrected chi connectivity index (χ2v) is 5.45. The van der Waals surface area contributed by atoms with Gasteiger partial charge in [-0.2, -0.15) is 5.10 Å². The van der Waals surface area contributed by atoms with Gasteiger partial charge in [0.25, 0.3) is 5.91 Å². The smallest absolute Gasteiger partial charge is 0.253 e. The molecule has 0 unspecified atom stereocenters. The van der Waals surface area contributed by atoms with Crippen molar-refractivity contribution >= 4 is 29.3 Å². The molecule has 0 atom stereocenters. The summed E-state index contributed by atoms with van der Waals surface area (Å²) < 4.78 is 1.85. The number of carbonyl (C=O) groups excluding carboxylic acids is 1. The van der Waals surface area contributed by atoms with Crippen molar-refractivity contribution in [2.24, 2.45) is 0 Å². The summed E-state index contributed by atoms with van der Waals surface area (Å²) in [5.41, 5.74) is 1.47. The lowest BCUT2D eigenvalue weighted by molar-refractivity contribution is 0.0950. The summed E-state index contributed by atoms with van der Waals surface area (Å²) in [7, 11) is 0. The third-order valence-electron chi connectivity index (χ3n) is 2.95. The second-order valence-electron chi connectivity index (χ2n) is 4.17. The van der Waals surface area contributed by atoms with Crippen molar-refractivity contribution < 1.29 is 4.79 Å². The Hall–Kier alpha value is -1.46. The van der Waals surface area contributed by atoms with Crippen LogP contribution in [0.1, 0.15) is 23.0 Å². The second kappa shape index (κ2) is 6.81. The van der Waals surface area contributed by atoms with Crippen LogP contribution < -0.4 is 5.32 Å². The molecule has 0 saturated heterocycles. The average Bonchev–Trinajstić information content (AvgIpc) is 2.92. The van der Waals surface area contributed by atoms with E-state index in [1.807, 2.05) is 30.0 Å². The van der Waals surface area contributed by atoms with E-state index >= 15 is 0 Å². The van der Waals surface area contributed by atoms with Crippen LogP contribution in [-0.4, -0.2) is 21.9 Å². The first-order chi connectivity index (χ1) is 9.65. The van der Waals surface area contributed by atoms with Gasteiger partial charge in [0.15, 0.2) is 0 Å². The van der Waals surface area contributed by atoms with Crippen LogP contribution in [0.5, 0.6) is 0 Å². The monoisotopic (exact) mass is 309 g/mol. The molecule has 0 aliphatic carbocycles. The highest BCUT2D eigenvalue weighted by Gasteiger charge is 2.11. The fourth-order valence-corrected chi connectivity index (χ4v) is 2.51. The van der Waals surface area contributed by atoms with E-state index in [0.29, 0.717) is 17.1 Å². The number of aromatic nitrogens is 2. The minimum atomic E-state index is -0.172. The predicted octanol–water partition coefficient (Wildman–Crippen LogP) is 3.21. The Morgan fingerprint density at radius 3 is 2.95 bits per heavy atom. The van der Waals surface area contributed by atoms with Crippen LogP contribution in [0.25, 0.3) is 0 Å². The number of carbonyl (C=O) groups is 1. The molecule has 0 aliphatic rings. The van der Waals surface area contributed by atoms with E-state index < -0.39 is 0 Å². The Bertz CT molecular complexity index is 612. The van der Waals surface area contributed by atoms with Gasteiger partial charge < -0.3 is 5.32 Å². The van der Waals surface area contributed by atoms with Gasteiger partial charge in [-0.25, -0.2) is 0 Å². The molecule has 1 amide bonds. The fourth-order valence-electron chi connectivity index (χ4n) is 1.87. The quantitative estimate of drug-likeness (QED) is 0.863.